The van der Waals surface area contributed by atoms with E-state index in [1.165, 1.54) is 12.1 Å². The standard InChI is InChI=1S/C10H9FN2OS/c1-5-4-6(11)2-3-7(5)8-9(14)13-10(15)12-8/h2-4,8H,1H3,(H2,12,13,14,15). The molecule has 78 valence electrons. The van der Waals surface area contributed by atoms with Crippen LogP contribution < -0.4 is 10.6 Å². The molecule has 15 heavy (non-hydrogen) atoms. The molecule has 2 N–H and O–H groups in total. The van der Waals surface area contributed by atoms with Crippen molar-refractivity contribution < 1.29 is 9.18 Å². The third kappa shape index (κ3) is 1.83. The fourth-order valence-electron chi connectivity index (χ4n) is 1.60. The van der Waals surface area contributed by atoms with Gasteiger partial charge in [-0.25, -0.2) is 4.39 Å². The van der Waals surface area contributed by atoms with Gasteiger partial charge in [0, 0.05) is 0 Å². The SMILES string of the molecule is Cc1cc(F)ccc1C1NC(=S)NC1=O. The number of nitrogens with one attached hydrogen (secondary N) is 2. The first-order chi connectivity index (χ1) is 7.08. The van der Waals surface area contributed by atoms with Gasteiger partial charge in [0.2, 0.25) is 0 Å². The second-order valence-electron chi connectivity index (χ2n) is 3.40. The van der Waals surface area contributed by atoms with E-state index in [4.69, 9.17) is 12.2 Å². The normalized spacial score (nSPS) is 20.0. The minimum Gasteiger partial charge on any atom is -0.347 e. The van der Waals surface area contributed by atoms with E-state index < -0.39 is 6.04 Å². The molecule has 1 unspecified atom stereocenters. The molecule has 5 heteroatoms. The Kier molecular flexibility index (Phi) is 2.40. The Morgan fingerprint density at radius 1 is 1.47 bits per heavy atom. The highest BCUT2D eigenvalue weighted by Gasteiger charge is 2.29. The molecule has 0 saturated carbocycles. The molecule has 1 amide bonds. The zero-order chi connectivity index (χ0) is 11.0. The van der Waals surface area contributed by atoms with Gasteiger partial charge >= 0.3 is 0 Å². The van der Waals surface area contributed by atoms with Crippen molar-refractivity contribution in [3.05, 3.63) is 35.1 Å². The van der Waals surface area contributed by atoms with Gasteiger partial charge in [0.25, 0.3) is 5.91 Å². The maximum absolute atomic E-state index is 12.9. The second kappa shape index (κ2) is 3.58. The van der Waals surface area contributed by atoms with E-state index in [0.29, 0.717) is 5.11 Å². The van der Waals surface area contributed by atoms with Gasteiger partial charge < -0.3 is 10.6 Å². The maximum atomic E-state index is 12.9. The van der Waals surface area contributed by atoms with Gasteiger partial charge in [-0.2, -0.15) is 0 Å². The quantitative estimate of drug-likeness (QED) is 0.704. The Morgan fingerprint density at radius 2 is 2.20 bits per heavy atom. The van der Waals surface area contributed by atoms with Crippen LogP contribution in [0.1, 0.15) is 17.2 Å². The van der Waals surface area contributed by atoms with Crippen LogP contribution in [0.15, 0.2) is 18.2 Å². The molecule has 1 aliphatic heterocycles. The largest absolute Gasteiger partial charge is 0.347 e. The third-order valence-electron chi connectivity index (χ3n) is 2.32. The summed E-state index contributed by atoms with van der Waals surface area (Å²) in [5, 5.41) is 5.64. The molecular weight excluding hydrogens is 215 g/mol. The Bertz CT molecular complexity index is 447. The number of aryl methyl sites for hydroxylation is 1. The molecule has 1 fully saturated rings. The number of amides is 1. The van der Waals surface area contributed by atoms with E-state index >= 15 is 0 Å². The lowest BCUT2D eigenvalue weighted by Crippen LogP contribution is -2.21. The fraction of sp³-hybridized carbons (Fsp3) is 0.200. The molecule has 3 nitrogen and oxygen atoms in total. The molecule has 0 spiro atoms. The van der Waals surface area contributed by atoms with Crippen molar-refractivity contribution in [2.45, 2.75) is 13.0 Å². The average Bonchev–Trinajstić information content (AvgIpc) is 2.45. The van der Waals surface area contributed by atoms with E-state index in [1.807, 2.05) is 0 Å². The zero-order valence-electron chi connectivity index (χ0n) is 8.00. The van der Waals surface area contributed by atoms with E-state index in [0.717, 1.165) is 11.1 Å². The van der Waals surface area contributed by atoms with Crippen molar-refractivity contribution in [3.8, 4) is 0 Å². The van der Waals surface area contributed by atoms with Gasteiger partial charge in [-0.05, 0) is 42.4 Å². The van der Waals surface area contributed by atoms with E-state index in [-0.39, 0.29) is 11.7 Å². The lowest BCUT2D eigenvalue weighted by atomic mass is 10.0. The van der Waals surface area contributed by atoms with Crippen LogP contribution in [0.2, 0.25) is 0 Å². The van der Waals surface area contributed by atoms with Crippen molar-refractivity contribution in [3.63, 3.8) is 0 Å². The van der Waals surface area contributed by atoms with Crippen LogP contribution in [0.4, 0.5) is 4.39 Å². The summed E-state index contributed by atoms with van der Waals surface area (Å²) in [6.07, 6.45) is 0. The van der Waals surface area contributed by atoms with Crippen LogP contribution in [0.25, 0.3) is 0 Å². The summed E-state index contributed by atoms with van der Waals surface area (Å²) in [6.45, 7) is 1.76. The molecule has 2 rings (SSSR count). The summed E-state index contributed by atoms with van der Waals surface area (Å²) < 4.78 is 12.9. The number of carbonyl (C=O) groups is 1. The summed E-state index contributed by atoms with van der Waals surface area (Å²) in [5.74, 6) is -0.507. The van der Waals surface area contributed by atoms with Crippen molar-refractivity contribution in [2.75, 3.05) is 0 Å². The number of rotatable bonds is 1. The number of hydrogen-bond acceptors (Lipinski definition) is 2. The molecule has 1 aromatic carbocycles. The van der Waals surface area contributed by atoms with Crippen molar-refractivity contribution >= 4 is 23.2 Å². The van der Waals surface area contributed by atoms with Crippen molar-refractivity contribution in [1.82, 2.24) is 10.6 Å². The molecule has 0 aromatic heterocycles. The summed E-state index contributed by atoms with van der Waals surface area (Å²) in [7, 11) is 0. The molecule has 0 aliphatic carbocycles. The lowest BCUT2D eigenvalue weighted by molar-refractivity contribution is -0.120. The number of benzene rings is 1. The average molecular weight is 224 g/mol. The molecular formula is C10H9FN2OS. The maximum Gasteiger partial charge on any atom is 0.253 e. The van der Waals surface area contributed by atoms with Gasteiger partial charge in [0.1, 0.15) is 11.9 Å². The summed E-state index contributed by atoms with van der Waals surface area (Å²) in [4.78, 5) is 11.5. The van der Waals surface area contributed by atoms with Crippen LogP contribution in [-0.4, -0.2) is 11.0 Å². The predicted octanol–water partition coefficient (Wildman–Crippen LogP) is 1.18. The second-order valence-corrected chi connectivity index (χ2v) is 3.80. The van der Waals surface area contributed by atoms with Gasteiger partial charge in [0.15, 0.2) is 5.11 Å². The van der Waals surface area contributed by atoms with Gasteiger partial charge in [-0.3, -0.25) is 4.79 Å². The van der Waals surface area contributed by atoms with E-state index in [2.05, 4.69) is 10.6 Å². The monoisotopic (exact) mass is 224 g/mol. The van der Waals surface area contributed by atoms with Crippen LogP contribution >= 0.6 is 12.2 Å². The highest BCUT2D eigenvalue weighted by molar-refractivity contribution is 7.80. The fourth-order valence-corrected chi connectivity index (χ4v) is 1.82. The van der Waals surface area contributed by atoms with Crippen LogP contribution in [0.5, 0.6) is 0 Å². The number of thiocarbonyl (C=S) groups is 1. The topological polar surface area (TPSA) is 41.1 Å². The summed E-state index contributed by atoms with van der Waals surface area (Å²) in [5.41, 5.74) is 1.47. The summed E-state index contributed by atoms with van der Waals surface area (Å²) in [6, 6.07) is 3.82. The molecule has 1 aliphatic rings. The molecule has 1 aromatic rings. The number of hydrogen-bond donors (Lipinski definition) is 2. The van der Waals surface area contributed by atoms with Crippen LogP contribution in [0.3, 0.4) is 0 Å². The van der Waals surface area contributed by atoms with Crippen LogP contribution in [-0.2, 0) is 4.79 Å². The lowest BCUT2D eigenvalue weighted by Gasteiger charge is -2.11. The van der Waals surface area contributed by atoms with E-state index in [1.54, 1.807) is 13.0 Å². The minimum absolute atomic E-state index is 0.199. The highest BCUT2D eigenvalue weighted by atomic mass is 32.1. The smallest absolute Gasteiger partial charge is 0.253 e. The Hall–Kier alpha value is -1.49. The molecule has 1 atom stereocenters. The summed E-state index contributed by atoms with van der Waals surface area (Å²) >= 11 is 4.83. The van der Waals surface area contributed by atoms with Crippen molar-refractivity contribution in [1.29, 1.82) is 0 Å². The zero-order valence-corrected chi connectivity index (χ0v) is 8.82. The predicted molar refractivity (Wildman–Crippen MR) is 57.8 cm³/mol. The molecule has 1 heterocycles. The third-order valence-corrected chi connectivity index (χ3v) is 2.54. The van der Waals surface area contributed by atoms with E-state index in [9.17, 15) is 9.18 Å². The molecule has 0 radical (unpaired) electrons. The minimum atomic E-state index is -0.502. The Morgan fingerprint density at radius 3 is 2.73 bits per heavy atom. The highest BCUT2D eigenvalue weighted by Crippen LogP contribution is 2.21. The first kappa shape index (κ1) is 10.0. The first-order valence-corrected chi connectivity index (χ1v) is 4.86. The Labute approximate surface area is 91.7 Å². The first-order valence-electron chi connectivity index (χ1n) is 4.45. The van der Waals surface area contributed by atoms with Crippen LogP contribution in [0, 0.1) is 12.7 Å². The molecule has 0 bridgehead atoms. The van der Waals surface area contributed by atoms with Crippen molar-refractivity contribution in [2.24, 2.45) is 0 Å². The van der Waals surface area contributed by atoms with Gasteiger partial charge in [-0.15, -0.1) is 0 Å². The molecule has 1 saturated heterocycles. The van der Waals surface area contributed by atoms with Gasteiger partial charge in [0.05, 0.1) is 0 Å². The number of halogens is 1. The number of carbonyl (C=O) groups excluding carboxylic acids is 1. The van der Waals surface area contributed by atoms with Gasteiger partial charge in [-0.1, -0.05) is 6.07 Å². The Balaban J connectivity index is 2.38.